The molecule has 1 nitrogen and oxygen atoms in total. The van der Waals surface area contributed by atoms with Crippen molar-refractivity contribution in [1.29, 1.82) is 0 Å². The van der Waals surface area contributed by atoms with Crippen LogP contribution in [-0.4, -0.2) is 11.2 Å². The highest BCUT2D eigenvalue weighted by atomic mass is 16.3. The number of rotatable bonds is 4. The first-order valence-electron chi connectivity index (χ1n) is 6.87. The smallest absolute Gasteiger partial charge is 0.0646 e. The van der Waals surface area contributed by atoms with Crippen LogP contribution in [0, 0.1) is 13.8 Å². The second-order valence-corrected chi connectivity index (χ2v) is 5.39. The summed E-state index contributed by atoms with van der Waals surface area (Å²) in [7, 11) is 0. The molecule has 0 amide bonds. The lowest BCUT2D eigenvalue weighted by Gasteiger charge is -2.19. The fourth-order valence-corrected chi connectivity index (χ4v) is 2.33. The van der Waals surface area contributed by atoms with Crippen LogP contribution in [-0.2, 0) is 6.42 Å². The van der Waals surface area contributed by atoms with Crippen LogP contribution >= 0.6 is 0 Å². The Balaban J connectivity index is 2.08. The van der Waals surface area contributed by atoms with Crippen LogP contribution in [0.15, 0.2) is 48.5 Å². The number of hydrogen-bond donors (Lipinski definition) is 1. The van der Waals surface area contributed by atoms with Crippen LogP contribution < -0.4 is 0 Å². The van der Waals surface area contributed by atoms with Crippen molar-refractivity contribution in [3.8, 4) is 0 Å². The molecule has 0 bridgehead atoms. The summed E-state index contributed by atoms with van der Waals surface area (Å²) in [6.45, 7) is 6.31. The average molecular weight is 254 g/mol. The van der Waals surface area contributed by atoms with Crippen LogP contribution in [0.3, 0.4) is 0 Å². The van der Waals surface area contributed by atoms with Crippen molar-refractivity contribution in [3.05, 3.63) is 70.8 Å². The van der Waals surface area contributed by atoms with Crippen LogP contribution in [0.5, 0.6) is 0 Å². The zero-order chi connectivity index (χ0) is 13.8. The second kappa shape index (κ2) is 6.03. The lowest BCUT2D eigenvalue weighted by molar-refractivity contribution is 0.149. The summed E-state index contributed by atoms with van der Waals surface area (Å²) in [5.41, 5.74) is 4.99. The molecule has 2 aromatic carbocycles. The lowest BCUT2D eigenvalue weighted by atomic mass is 9.90. The summed E-state index contributed by atoms with van der Waals surface area (Å²) in [5, 5.41) is 10.4. The van der Waals surface area contributed by atoms with E-state index in [9.17, 15) is 5.11 Å². The molecule has 1 N–H and O–H groups in total. The third kappa shape index (κ3) is 3.45. The molecular formula is C18H22O. The number of benzene rings is 2. The van der Waals surface area contributed by atoms with Gasteiger partial charge in [-0.15, -0.1) is 0 Å². The van der Waals surface area contributed by atoms with E-state index < -0.39 is 0 Å². The van der Waals surface area contributed by atoms with Gasteiger partial charge in [-0.1, -0.05) is 55.5 Å². The Kier molecular flexibility index (Phi) is 4.39. The highest BCUT2D eigenvalue weighted by Gasteiger charge is 2.16. The first kappa shape index (κ1) is 13.8. The molecule has 19 heavy (non-hydrogen) atoms. The highest BCUT2D eigenvalue weighted by molar-refractivity contribution is 5.31. The molecule has 1 heteroatoms. The molecule has 0 heterocycles. The third-order valence-corrected chi connectivity index (χ3v) is 3.92. The molecule has 0 aliphatic heterocycles. The molecule has 100 valence electrons. The van der Waals surface area contributed by atoms with Gasteiger partial charge in [0.15, 0.2) is 0 Å². The Bertz CT molecular complexity index is 531. The molecule has 0 saturated heterocycles. The summed E-state index contributed by atoms with van der Waals surface area (Å²) in [4.78, 5) is 0. The van der Waals surface area contributed by atoms with E-state index in [0.29, 0.717) is 6.42 Å². The molecule has 0 spiro atoms. The fraction of sp³-hybridized carbons (Fsp3) is 0.333. The Labute approximate surface area is 115 Å². The van der Waals surface area contributed by atoms with Gasteiger partial charge in [-0.25, -0.2) is 0 Å². The average Bonchev–Trinajstić information content (AvgIpc) is 2.43. The summed E-state index contributed by atoms with van der Waals surface area (Å²) >= 11 is 0. The normalized spacial score (nSPS) is 14.1. The van der Waals surface area contributed by atoms with Crippen molar-refractivity contribution in [2.24, 2.45) is 0 Å². The van der Waals surface area contributed by atoms with Crippen molar-refractivity contribution in [3.63, 3.8) is 0 Å². The van der Waals surface area contributed by atoms with Gasteiger partial charge in [-0.2, -0.15) is 0 Å². The quantitative estimate of drug-likeness (QED) is 0.874. The summed E-state index contributed by atoms with van der Waals surface area (Å²) in [6, 6.07) is 16.6. The van der Waals surface area contributed by atoms with E-state index in [2.05, 4.69) is 51.1 Å². The minimum Gasteiger partial charge on any atom is -0.392 e. The number of hydrogen-bond acceptors (Lipinski definition) is 1. The van der Waals surface area contributed by atoms with E-state index in [1.807, 2.05) is 18.2 Å². The summed E-state index contributed by atoms with van der Waals surface area (Å²) in [6.07, 6.45) is 0.362. The van der Waals surface area contributed by atoms with E-state index in [1.54, 1.807) is 0 Å². The van der Waals surface area contributed by atoms with Gasteiger partial charge in [0.1, 0.15) is 0 Å². The maximum absolute atomic E-state index is 10.4. The van der Waals surface area contributed by atoms with Crippen molar-refractivity contribution >= 4 is 0 Å². The Hall–Kier alpha value is -1.60. The number of aliphatic hydroxyl groups is 1. The monoisotopic (exact) mass is 254 g/mol. The van der Waals surface area contributed by atoms with Gasteiger partial charge < -0.3 is 5.11 Å². The van der Waals surface area contributed by atoms with Crippen molar-refractivity contribution in [2.45, 2.75) is 39.2 Å². The van der Waals surface area contributed by atoms with E-state index in [-0.39, 0.29) is 12.0 Å². The van der Waals surface area contributed by atoms with Crippen LogP contribution in [0.25, 0.3) is 0 Å². The predicted molar refractivity (Wildman–Crippen MR) is 80.5 cm³/mol. The van der Waals surface area contributed by atoms with Crippen LogP contribution in [0.2, 0.25) is 0 Å². The van der Waals surface area contributed by atoms with Gasteiger partial charge in [0, 0.05) is 5.92 Å². The highest BCUT2D eigenvalue weighted by Crippen LogP contribution is 2.22. The zero-order valence-corrected chi connectivity index (χ0v) is 11.9. The molecule has 0 aromatic heterocycles. The Morgan fingerprint density at radius 3 is 2.26 bits per heavy atom. The fourth-order valence-electron chi connectivity index (χ4n) is 2.33. The molecule has 2 unspecified atom stereocenters. The van der Waals surface area contributed by atoms with E-state index in [0.717, 1.165) is 0 Å². The van der Waals surface area contributed by atoms with Gasteiger partial charge >= 0.3 is 0 Å². The zero-order valence-electron chi connectivity index (χ0n) is 11.9. The predicted octanol–water partition coefficient (Wildman–Crippen LogP) is 4.01. The maximum atomic E-state index is 10.4. The molecular weight excluding hydrogens is 232 g/mol. The molecule has 0 saturated carbocycles. The SMILES string of the molecule is Cc1ccc(CC(O)C(C)c2ccccc2)cc1C. The molecule has 2 aromatic rings. The number of aliphatic hydroxyl groups excluding tert-OH is 1. The topological polar surface area (TPSA) is 20.2 Å². The molecule has 0 aliphatic rings. The Morgan fingerprint density at radius 1 is 0.947 bits per heavy atom. The van der Waals surface area contributed by atoms with Crippen LogP contribution in [0.4, 0.5) is 0 Å². The van der Waals surface area contributed by atoms with Crippen molar-refractivity contribution in [2.75, 3.05) is 0 Å². The van der Waals surface area contributed by atoms with Gasteiger partial charge in [-0.3, -0.25) is 0 Å². The van der Waals surface area contributed by atoms with Gasteiger partial charge in [0.2, 0.25) is 0 Å². The van der Waals surface area contributed by atoms with E-state index in [1.165, 1.54) is 22.3 Å². The first-order chi connectivity index (χ1) is 9.08. The first-order valence-corrected chi connectivity index (χ1v) is 6.87. The van der Waals surface area contributed by atoms with Gasteiger partial charge in [0.25, 0.3) is 0 Å². The maximum Gasteiger partial charge on any atom is 0.0646 e. The van der Waals surface area contributed by atoms with Gasteiger partial charge in [0.05, 0.1) is 6.10 Å². The second-order valence-electron chi connectivity index (χ2n) is 5.39. The molecule has 2 rings (SSSR count). The van der Waals surface area contributed by atoms with E-state index in [4.69, 9.17) is 0 Å². The largest absolute Gasteiger partial charge is 0.392 e. The standard InChI is InChI=1S/C18H22O/c1-13-9-10-16(11-14(13)2)12-18(19)15(3)17-7-5-4-6-8-17/h4-11,15,18-19H,12H2,1-3H3. The van der Waals surface area contributed by atoms with Crippen molar-refractivity contribution < 1.29 is 5.11 Å². The molecule has 0 radical (unpaired) electrons. The molecule has 2 atom stereocenters. The molecule has 0 fully saturated rings. The van der Waals surface area contributed by atoms with Crippen molar-refractivity contribution in [1.82, 2.24) is 0 Å². The van der Waals surface area contributed by atoms with Crippen LogP contribution in [0.1, 0.15) is 35.1 Å². The summed E-state index contributed by atoms with van der Waals surface area (Å²) < 4.78 is 0. The number of aryl methyl sites for hydroxylation is 2. The lowest BCUT2D eigenvalue weighted by Crippen LogP contribution is -2.18. The minimum atomic E-state index is -0.343. The van der Waals surface area contributed by atoms with E-state index >= 15 is 0 Å². The Morgan fingerprint density at radius 2 is 1.63 bits per heavy atom. The molecule has 0 aliphatic carbocycles. The third-order valence-electron chi connectivity index (χ3n) is 3.92. The minimum absolute atomic E-state index is 0.155. The van der Waals surface area contributed by atoms with Gasteiger partial charge in [-0.05, 0) is 42.5 Å². The summed E-state index contributed by atoms with van der Waals surface area (Å²) in [5.74, 6) is 0.155.